The van der Waals surface area contributed by atoms with Crippen LogP contribution in [0, 0.1) is 0 Å². The van der Waals surface area contributed by atoms with Crippen LogP contribution >= 0.6 is 11.8 Å². The summed E-state index contributed by atoms with van der Waals surface area (Å²) in [6.45, 7) is 1.94. The Hall–Kier alpha value is -0.760. The maximum atomic E-state index is 11.9. The molecular weight excluding hydrogens is 296 g/mol. The lowest BCUT2D eigenvalue weighted by molar-refractivity contribution is 0.309. The first-order chi connectivity index (χ1) is 9.60. The molecule has 5 nitrogen and oxygen atoms in total. The Morgan fingerprint density at radius 1 is 1.20 bits per heavy atom. The van der Waals surface area contributed by atoms with Crippen LogP contribution in [-0.2, 0) is 10.0 Å². The highest BCUT2D eigenvalue weighted by molar-refractivity contribution is 7.98. The van der Waals surface area contributed by atoms with Crippen molar-refractivity contribution in [2.75, 3.05) is 38.8 Å². The smallest absolute Gasteiger partial charge is 0.240 e. The molecule has 114 valence electrons. The van der Waals surface area contributed by atoms with Crippen LogP contribution in [0.15, 0.2) is 29.2 Å². The van der Waals surface area contributed by atoms with E-state index in [1.54, 1.807) is 36.0 Å². The van der Waals surface area contributed by atoms with Crippen molar-refractivity contribution in [3.63, 3.8) is 0 Å². The minimum atomic E-state index is -3.41. The van der Waals surface area contributed by atoms with Crippen molar-refractivity contribution in [1.82, 2.24) is 10.0 Å². The molecule has 0 saturated carbocycles. The van der Waals surface area contributed by atoms with Gasteiger partial charge in [0.25, 0.3) is 0 Å². The summed E-state index contributed by atoms with van der Waals surface area (Å²) in [5.41, 5.74) is 0. The van der Waals surface area contributed by atoms with E-state index in [1.807, 2.05) is 13.3 Å². The Bertz CT molecular complexity index is 475. The van der Waals surface area contributed by atoms with Crippen LogP contribution < -0.4 is 14.8 Å². The predicted octanol–water partition coefficient (Wildman–Crippen LogP) is 1.32. The lowest BCUT2D eigenvalue weighted by atomic mass is 10.3. The lowest BCUT2D eigenvalue weighted by Gasteiger charge is -2.08. The molecule has 0 heterocycles. The standard InChI is InChI=1S/C13H22N2O3S2/c1-14-8-3-10-18-12-4-6-13(7-5-12)20(16,17)15-9-11-19-2/h4-7,14-15H,3,8-11H2,1-2H3. The minimum Gasteiger partial charge on any atom is -0.494 e. The number of rotatable bonds is 10. The summed E-state index contributed by atoms with van der Waals surface area (Å²) >= 11 is 1.60. The molecule has 0 unspecified atom stereocenters. The zero-order chi connectivity index (χ0) is 14.8. The van der Waals surface area contributed by atoms with Gasteiger partial charge in [-0.3, -0.25) is 0 Å². The topological polar surface area (TPSA) is 67.4 Å². The fraction of sp³-hybridized carbons (Fsp3) is 0.538. The quantitative estimate of drug-likeness (QED) is 0.637. The average molecular weight is 318 g/mol. The van der Waals surface area contributed by atoms with Crippen LogP contribution in [0.3, 0.4) is 0 Å². The summed E-state index contributed by atoms with van der Waals surface area (Å²) < 4.78 is 32.0. The van der Waals surface area contributed by atoms with Gasteiger partial charge < -0.3 is 10.1 Å². The van der Waals surface area contributed by atoms with Gasteiger partial charge in [-0.15, -0.1) is 0 Å². The van der Waals surface area contributed by atoms with Crippen molar-refractivity contribution in [3.8, 4) is 5.75 Å². The molecule has 0 radical (unpaired) electrons. The van der Waals surface area contributed by atoms with Crippen molar-refractivity contribution >= 4 is 21.8 Å². The first kappa shape index (κ1) is 17.3. The molecule has 1 aromatic carbocycles. The maximum Gasteiger partial charge on any atom is 0.240 e. The molecule has 0 fully saturated rings. The molecule has 1 aromatic rings. The average Bonchev–Trinajstić information content (AvgIpc) is 2.44. The van der Waals surface area contributed by atoms with Gasteiger partial charge in [-0.1, -0.05) is 0 Å². The SMILES string of the molecule is CNCCCOc1ccc(S(=O)(=O)NCCSC)cc1. The second-order valence-corrected chi connectivity index (χ2v) is 6.92. The molecule has 0 saturated heterocycles. The molecule has 0 aliphatic rings. The second-order valence-electron chi connectivity index (χ2n) is 4.17. The minimum absolute atomic E-state index is 0.265. The van der Waals surface area contributed by atoms with Crippen LogP contribution in [0.1, 0.15) is 6.42 Å². The Kier molecular flexibility index (Phi) is 7.98. The largest absolute Gasteiger partial charge is 0.494 e. The molecule has 1 rings (SSSR count). The molecule has 20 heavy (non-hydrogen) atoms. The third-order valence-corrected chi connectivity index (χ3v) is 4.66. The molecule has 0 spiro atoms. The lowest BCUT2D eigenvalue weighted by Crippen LogP contribution is -2.25. The van der Waals surface area contributed by atoms with E-state index in [2.05, 4.69) is 10.0 Å². The van der Waals surface area contributed by atoms with E-state index in [1.165, 1.54) is 0 Å². The summed E-state index contributed by atoms with van der Waals surface area (Å²) in [4.78, 5) is 0.265. The number of ether oxygens (including phenoxy) is 1. The van der Waals surface area contributed by atoms with Crippen LogP contribution in [0.5, 0.6) is 5.75 Å². The van der Waals surface area contributed by atoms with Crippen LogP contribution in [0.25, 0.3) is 0 Å². The zero-order valence-electron chi connectivity index (χ0n) is 11.9. The summed E-state index contributed by atoms with van der Waals surface area (Å²) in [5, 5.41) is 3.04. The van der Waals surface area contributed by atoms with Gasteiger partial charge in [0.2, 0.25) is 10.0 Å². The number of hydrogen-bond donors (Lipinski definition) is 2. The molecule has 0 aliphatic heterocycles. The normalized spacial score (nSPS) is 11.5. The van der Waals surface area contributed by atoms with Gasteiger partial charge in [0.05, 0.1) is 11.5 Å². The fourth-order valence-corrected chi connectivity index (χ4v) is 2.98. The summed E-state index contributed by atoms with van der Waals surface area (Å²) in [6, 6.07) is 6.49. The van der Waals surface area contributed by atoms with Crippen molar-refractivity contribution in [2.45, 2.75) is 11.3 Å². The fourth-order valence-electron chi connectivity index (χ4n) is 1.52. The molecule has 0 bridgehead atoms. The van der Waals surface area contributed by atoms with Gasteiger partial charge in [-0.25, -0.2) is 13.1 Å². The summed E-state index contributed by atoms with van der Waals surface area (Å²) in [6.07, 6.45) is 2.85. The van der Waals surface area contributed by atoms with E-state index >= 15 is 0 Å². The van der Waals surface area contributed by atoms with Crippen molar-refractivity contribution < 1.29 is 13.2 Å². The van der Waals surface area contributed by atoms with Gasteiger partial charge in [0, 0.05) is 12.3 Å². The highest BCUT2D eigenvalue weighted by Gasteiger charge is 2.12. The summed E-state index contributed by atoms with van der Waals surface area (Å²) in [7, 11) is -1.51. The molecule has 0 atom stereocenters. The Labute approximate surface area is 125 Å². The zero-order valence-corrected chi connectivity index (χ0v) is 13.5. The first-order valence-electron chi connectivity index (χ1n) is 6.46. The number of thioether (sulfide) groups is 1. The second kappa shape index (κ2) is 9.23. The van der Waals surface area contributed by atoms with Crippen molar-refractivity contribution in [1.29, 1.82) is 0 Å². The van der Waals surface area contributed by atoms with Crippen LogP contribution in [0.4, 0.5) is 0 Å². The van der Waals surface area contributed by atoms with E-state index in [9.17, 15) is 8.42 Å². The van der Waals surface area contributed by atoms with Crippen molar-refractivity contribution in [3.05, 3.63) is 24.3 Å². The molecular formula is C13H22N2O3S2. The molecule has 0 amide bonds. The van der Waals surface area contributed by atoms with Gasteiger partial charge >= 0.3 is 0 Å². The molecule has 0 aliphatic carbocycles. The Balaban J connectivity index is 2.52. The van der Waals surface area contributed by atoms with E-state index in [4.69, 9.17) is 4.74 Å². The number of sulfonamides is 1. The monoisotopic (exact) mass is 318 g/mol. The van der Waals surface area contributed by atoms with E-state index in [-0.39, 0.29) is 4.90 Å². The van der Waals surface area contributed by atoms with Gasteiger partial charge in [0.1, 0.15) is 5.75 Å². The Morgan fingerprint density at radius 3 is 2.50 bits per heavy atom. The van der Waals surface area contributed by atoms with Gasteiger partial charge in [-0.05, 0) is 50.5 Å². The number of nitrogens with one attached hydrogen (secondary N) is 2. The molecule has 2 N–H and O–H groups in total. The molecule has 7 heteroatoms. The van der Waals surface area contributed by atoms with E-state index in [0.717, 1.165) is 18.7 Å². The Morgan fingerprint density at radius 2 is 1.90 bits per heavy atom. The van der Waals surface area contributed by atoms with Crippen LogP contribution in [0.2, 0.25) is 0 Å². The highest BCUT2D eigenvalue weighted by atomic mass is 32.2. The van der Waals surface area contributed by atoms with Crippen molar-refractivity contribution in [2.24, 2.45) is 0 Å². The first-order valence-corrected chi connectivity index (χ1v) is 9.34. The van der Waals surface area contributed by atoms with Crippen LogP contribution in [-0.4, -0.2) is 47.2 Å². The summed E-state index contributed by atoms with van der Waals surface area (Å²) in [5.74, 6) is 1.44. The molecule has 0 aromatic heterocycles. The third-order valence-electron chi connectivity index (χ3n) is 2.57. The van der Waals surface area contributed by atoms with E-state index in [0.29, 0.717) is 18.9 Å². The number of benzene rings is 1. The highest BCUT2D eigenvalue weighted by Crippen LogP contribution is 2.16. The number of hydrogen-bond acceptors (Lipinski definition) is 5. The van der Waals surface area contributed by atoms with Gasteiger partial charge in [-0.2, -0.15) is 11.8 Å². The third kappa shape index (κ3) is 6.13. The predicted molar refractivity (Wildman–Crippen MR) is 84.1 cm³/mol. The van der Waals surface area contributed by atoms with E-state index < -0.39 is 10.0 Å². The van der Waals surface area contributed by atoms with Gasteiger partial charge in [0.15, 0.2) is 0 Å². The maximum absolute atomic E-state index is 11.9.